The third kappa shape index (κ3) is 8.82. The molecule has 1 heteroatoms. The van der Waals surface area contributed by atoms with Crippen molar-refractivity contribution in [3.63, 3.8) is 0 Å². The fourth-order valence-electron chi connectivity index (χ4n) is 0.354. The van der Waals surface area contributed by atoms with E-state index in [0.717, 1.165) is 0 Å². The Bertz CT molecular complexity index is 11.4. The summed E-state index contributed by atoms with van der Waals surface area (Å²) in [6, 6.07) is 0. The molecule has 0 aromatic rings. The molecule has 0 aromatic carbocycles. The minimum Gasteiger partial charge on any atom is -0.0654 e. The van der Waals surface area contributed by atoms with Gasteiger partial charge in [0.15, 0.2) is 0 Å². The SMILES string of the molecule is CCCCC.[Rh]. The number of hydrogen-bond acceptors (Lipinski definition) is 0. The second-order valence-corrected chi connectivity index (χ2v) is 1.35. The van der Waals surface area contributed by atoms with Gasteiger partial charge in [-0.3, -0.25) is 0 Å². The van der Waals surface area contributed by atoms with E-state index in [2.05, 4.69) is 13.8 Å². The molecule has 1 radical (unpaired) electrons. The number of hydrogen-bond donors (Lipinski definition) is 0. The van der Waals surface area contributed by atoms with Crippen LogP contribution in [0.4, 0.5) is 0 Å². The fraction of sp³-hybridized carbons (Fsp3) is 1.00. The average Bonchev–Trinajstić information content (AvgIpc) is 1.41. The quantitative estimate of drug-likeness (QED) is 0.564. The summed E-state index contributed by atoms with van der Waals surface area (Å²) in [7, 11) is 0. The molecule has 0 saturated carbocycles. The molecule has 6 heavy (non-hydrogen) atoms. The van der Waals surface area contributed by atoms with Crippen molar-refractivity contribution >= 4 is 0 Å². The molecule has 41 valence electrons. The van der Waals surface area contributed by atoms with Crippen LogP contribution in [0, 0.1) is 0 Å². The topological polar surface area (TPSA) is 0 Å². The first-order chi connectivity index (χ1) is 2.41. The van der Waals surface area contributed by atoms with Crippen LogP contribution in [0.2, 0.25) is 0 Å². The van der Waals surface area contributed by atoms with E-state index in [1.54, 1.807) is 0 Å². The molecule has 0 saturated heterocycles. The van der Waals surface area contributed by atoms with Gasteiger partial charge in [0, 0.05) is 19.5 Å². The third-order valence-corrected chi connectivity index (χ3v) is 0.707. The maximum Gasteiger partial charge on any atom is 0 e. The molecule has 0 nitrogen and oxygen atoms in total. The van der Waals surface area contributed by atoms with Gasteiger partial charge in [-0.15, -0.1) is 0 Å². The molecule has 0 amide bonds. The molecular formula is C5H12Rh. The van der Waals surface area contributed by atoms with E-state index in [0.29, 0.717) is 0 Å². The fourth-order valence-corrected chi connectivity index (χ4v) is 0.354. The van der Waals surface area contributed by atoms with Crippen molar-refractivity contribution in [2.75, 3.05) is 0 Å². The van der Waals surface area contributed by atoms with Gasteiger partial charge in [-0.25, -0.2) is 0 Å². The van der Waals surface area contributed by atoms with Gasteiger partial charge in [0.25, 0.3) is 0 Å². The van der Waals surface area contributed by atoms with Gasteiger partial charge in [0.1, 0.15) is 0 Å². The maximum atomic E-state index is 2.21. The van der Waals surface area contributed by atoms with E-state index in [-0.39, 0.29) is 19.5 Å². The van der Waals surface area contributed by atoms with Crippen molar-refractivity contribution < 1.29 is 19.5 Å². The van der Waals surface area contributed by atoms with E-state index in [1.807, 2.05) is 0 Å². The standard InChI is InChI=1S/C5H12.Rh/c1-3-5-4-2;/h3-5H2,1-2H3;. The van der Waals surface area contributed by atoms with Crippen molar-refractivity contribution in [3.8, 4) is 0 Å². The van der Waals surface area contributed by atoms with Gasteiger partial charge in [0.05, 0.1) is 0 Å². The van der Waals surface area contributed by atoms with Crippen LogP contribution < -0.4 is 0 Å². The first-order valence-electron chi connectivity index (χ1n) is 2.41. The molecule has 0 rings (SSSR count). The van der Waals surface area contributed by atoms with Gasteiger partial charge < -0.3 is 0 Å². The summed E-state index contributed by atoms with van der Waals surface area (Å²) in [5.41, 5.74) is 0. The van der Waals surface area contributed by atoms with Crippen LogP contribution in [0.1, 0.15) is 33.1 Å². The third-order valence-electron chi connectivity index (χ3n) is 0.707. The van der Waals surface area contributed by atoms with Gasteiger partial charge >= 0.3 is 0 Å². The smallest absolute Gasteiger partial charge is 0 e. The van der Waals surface area contributed by atoms with Crippen molar-refractivity contribution in [1.82, 2.24) is 0 Å². The largest absolute Gasteiger partial charge is 0.0654 e. The Hall–Kier alpha value is 0.623. The van der Waals surface area contributed by atoms with Crippen molar-refractivity contribution in [1.29, 1.82) is 0 Å². The van der Waals surface area contributed by atoms with Crippen molar-refractivity contribution in [2.24, 2.45) is 0 Å². The second kappa shape index (κ2) is 9.16. The zero-order valence-corrected chi connectivity index (χ0v) is 6.09. The molecule has 0 N–H and O–H groups in total. The molecule has 0 aliphatic rings. The van der Waals surface area contributed by atoms with E-state index < -0.39 is 0 Å². The van der Waals surface area contributed by atoms with E-state index >= 15 is 0 Å². The van der Waals surface area contributed by atoms with Gasteiger partial charge in [-0.05, 0) is 0 Å². The van der Waals surface area contributed by atoms with Crippen molar-refractivity contribution in [3.05, 3.63) is 0 Å². The Balaban J connectivity index is 0. The Labute approximate surface area is 53.1 Å². The predicted octanol–water partition coefficient (Wildman–Crippen LogP) is 2.19. The van der Waals surface area contributed by atoms with E-state index in [4.69, 9.17) is 0 Å². The summed E-state index contributed by atoms with van der Waals surface area (Å²) < 4.78 is 0. The van der Waals surface area contributed by atoms with Gasteiger partial charge in [0.2, 0.25) is 0 Å². The molecule has 0 aliphatic heterocycles. The Morgan fingerprint density at radius 3 is 1.33 bits per heavy atom. The van der Waals surface area contributed by atoms with E-state index in [1.165, 1.54) is 19.3 Å². The zero-order chi connectivity index (χ0) is 4.12. The molecule has 0 bridgehead atoms. The van der Waals surface area contributed by atoms with E-state index in [9.17, 15) is 0 Å². The molecular weight excluding hydrogens is 163 g/mol. The summed E-state index contributed by atoms with van der Waals surface area (Å²) in [6.45, 7) is 4.42. The summed E-state index contributed by atoms with van der Waals surface area (Å²) >= 11 is 0. The normalized spacial score (nSPS) is 7.00. The summed E-state index contributed by atoms with van der Waals surface area (Å²) in [4.78, 5) is 0. The molecule has 0 atom stereocenters. The number of unbranched alkanes of at least 4 members (excludes halogenated alkanes) is 2. The monoisotopic (exact) mass is 175 g/mol. The predicted molar refractivity (Wildman–Crippen MR) is 25.2 cm³/mol. The van der Waals surface area contributed by atoms with Crippen LogP contribution in [-0.4, -0.2) is 0 Å². The Morgan fingerprint density at radius 1 is 1.00 bits per heavy atom. The molecule has 0 spiro atoms. The van der Waals surface area contributed by atoms with Gasteiger partial charge in [-0.1, -0.05) is 33.1 Å². The van der Waals surface area contributed by atoms with Gasteiger partial charge in [-0.2, -0.15) is 0 Å². The first kappa shape index (κ1) is 9.80. The summed E-state index contributed by atoms with van der Waals surface area (Å²) in [5, 5.41) is 0. The second-order valence-electron chi connectivity index (χ2n) is 1.35. The molecule has 0 fully saturated rings. The van der Waals surface area contributed by atoms with Crippen LogP contribution in [0.15, 0.2) is 0 Å². The van der Waals surface area contributed by atoms with Crippen LogP contribution >= 0.6 is 0 Å². The number of rotatable bonds is 2. The minimum atomic E-state index is 0. The Morgan fingerprint density at radius 2 is 1.33 bits per heavy atom. The van der Waals surface area contributed by atoms with Crippen LogP contribution in [-0.2, 0) is 19.5 Å². The molecule has 0 aromatic heterocycles. The van der Waals surface area contributed by atoms with Crippen LogP contribution in [0.25, 0.3) is 0 Å². The maximum absolute atomic E-state index is 2.21. The summed E-state index contributed by atoms with van der Waals surface area (Å²) in [5.74, 6) is 0. The summed E-state index contributed by atoms with van der Waals surface area (Å²) in [6.07, 6.45) is 4.08. The molecule has 0 unspecified atom stereocenters. The van der Waals surface area contributed by atoms with Crippen molar-refractivity contribution in [2.45, 2.75) is 33.1 Å². The first-order valence-corrected chi connectivity index (χ1v) is 2.41. The minimum absolute atomic E-state index is 0. The average molecular weight is 175 g/mol. The zero-order valence-electron chi connectivity index (χ0n) is 4.45. The van der Waals surface area contributed by atoms with Crippen LogP contribution in [0.3, 0.4) is 0 Å². The molecule has 0 aliphatic carbocycles. The van der Waals surface area contributed by atoms with Crippen LogP contribution in [0.5, 0.6) is 0 Å². The Kier molecular flexibility index (Phi) is 15.0. The molecule has 0 heterocycles.